The molecule has 0 radical (unpaired) electrons. The van der Waals surface area contributed by atoms with Crippen molar-refractivity contribution in [1.82, 2.24) is 4.98 Å². The van der Waals surface area contributed by atoms with Crippen LogP contribution >= 0.6 is 0 Å². The molecule has 29 heavy (non-hydrogen) atoms. The van der Waals surface area contributed by atoms with Crippen LogP contribution in [0.2, 0.25) is 0 Å². The number of hydrogen-bond acceptors (Lipinski definition) is 3. The van der Waals surface area contributed by atoms with Gasteiger partial charge in [-0.3, -0.25) is 9.78 Å². The van der Waals surface area contributed by atoms with Gasteiger partial charge in [-0.25, -0.2) is 4.99 Å². The Balaban J connectivity index is 1.67. The molecular weight excluding hydrogens is 379 g/mol. The van der Waals surface area contributed by atoms with Crippen LogP contribution in [0.3, 0.4) is 0 Å². The molecule has 1 aromatic heterocycles. The van der Waals surface area contributed by atoms with Gasteiger partial charge in [-0.2, -0.15) is 13.2 Å². The Morgan fingerprint density at radius 1 is 1.00 bits per heavy atom. The lowest BCUT2D eigenvalue weighted by Gasteiger charge is -2.16. The molecule has 0 fully saturated rings. The largest absolute Gasteiger partial charge is 0.416 e. The number of aliphatic imine (C=N–C) groups is 1. The molecule has 2 aromatic carbocycles. The summed E-state index contributed by atoms with van der Waals surface area (Å²) in [7, 11) is 0. The highest BCUT2D eigenvalue weighted by Gasteiger charge is 2.34. The second-order valence-corrected chi connectivity index (χ2v) is 6.59. The molecule has 1 aliphatic heterocycles. The summed E-state index contributed by atoms with van der Waals surface area (Å²) in [6.07, 6.45) is -0.446. The summed E-state index contributed by atoms with van der Waals surface area (Å²) in [5.41, 5.74) is 1.74. The number of halogens is 3. The molecule has 4 nitrogen and oxygen atoms in total. The highest BCUT2D eigenvalue weighted by molar-refractivity contribution is 6.54. The van der Waals surface area contributed by atoms with Crippen molar-refractivity contribution in [1.29, 1.82) is 0 Å². The van der Waals surface area contributed by atoms with E-state index in [4.69, 9.17) is 0 Å². The number of anilines is 1. The van der Waals surface area contributed by atoms with Crippen molar-refractivity contribution in [2.24, 2.45) is 4.99 Å². The minimum absolute atomic E-state index is 0.0899. The number of nitrogens with zero attached hydrogens (tertiary/aromatic N) is 3. The van der Waals surface area contributed by atoms with Crippen LogP contribution in [0, 0.1) is 0 Å². The molecule has 0 saturated carbocycles. The van der Waals surface area contributed by atoms with Gasteiger partial charge in [0.15, 0.2) is 0 Å². The molecule has 0 saturated heterocycles. The monoisotopic (exact) mass is 395 g/mol. The number of aromatic nitrogens is 1. The van der Waals surface area contributed by atoms with Crippen molar-refractivity contribution in [3.05, 3.63) is 89.7 Å². The summed E-state index contributed by atoms with van der Waals surface area (Å²) in [4.78, 5) is 23.0. The van der Waals surface area contributed by atoms with E-state index in [0.717, 1.165) is 17.7 Å². The zero-order valence-corrected chi connectivity index (χ0v) is 15.2. The first-order valence-corrected chi connectivity index (χ1v) is 8.99. The fraction of sp³-hybridized carbons (Fsp3) is 0.136. The minimum atomic E-state index is -4.47. The summed E-state index contributed by atoms with van der Waals surface area (Å²) in [5.74, 6) is -0.326. The van der Waals surface area contributed by atoms with Crippen molar-refractivity contribution >= 4 is 23.0 Å². The number of para-hydroxylation sites is 1. The maximum absolute atomic E-state index is 13.0. The van der Waals surface area contributed by atoms with Gasteiger partial charge in [-0.05, 0) is 42.3 Å². The maximum atomic E-state index is 13.0. The van der Waals surface area contributed by atoms with Gasteiger partial charge in [0.2, 0.25) is 0 Å². The molecule has 1 aliphatic rings. The lowest BCUT2D eigenvalue weighted by Crippen LogP contribution is -2.32. The number of carbonyl (C=O) groups excluding carboxylic acids is 1. The molecule has 0 N–H and O–H groups in total. The molecule has 2 heterocycles. The van der Waals surface area contributed by atoms with Gasteiger partial charge in [-0.15, -0.1) is 0 Å². The molecule has 7 heteroatoms. The highest BCUT2D eigenvalue weighted by Crippen LogP contribution is 2.34. The van der Waals surface area contributed by atoms with E-state index in [2.05, 4.69) is 9.98 Å². The number of benzene rings is 2. The van der Waals surface area contributed by atoms with Crippen LogP contribution in [-0.4, -0.2) is 23.1 Å². The molecule has 4 rings (SSSR count). The van der Waals surface area contributed by atoms with Gasteiger partial charge in [0.05, 0.1) is 16.9 Å². The lowest BCUT2D eigenvalue weighted by molar-refractivity contribution is -0.137. The predicted molar refractivity (Wildman–Crippen MR) is 104 cm³/mol. The fourth-order valence-electron chi connectivity index (χ4n) is 3.26. The molecule has 0 aliphatic carbocycles. The fourth-order valence-corrected chi connectivity index (χ4v) is 3.26. The zero-order valence-electron chi connectivity index (χ0n) is 15.2. The summed E-state index contributed by atoms with van der Waals surface area (Å²) >= 11 is 0. The number of rotatable bonds is 4. The first-order chi connectivity index (χ1) is 13.9. The summed E-state index contributed by atoms with van der Waals surface area (Å²) < 4.78 is 39.0. The van der Waals surface area contributed by atoms with Crippen LogP contribution < -0.4 is 4.90 Å². The molecule has 3 aromatic rings. The maximum Gasteiger partial charge on any atom is 0.416 e. The standard InChI is InChI=1S/C22H16F3N3O/c23-22(24,25)16-6-3-7-17(13-16)27-20-18-8-1-2-9-19(18)28(21(20)29)12-10-15-5-4-11-26-14-15/h1-9,11,13-14H,10,12H2. The predicted octanol–water partition coefficient (Wildman–Crippen LogP) is 4.81. The van der Waals surface area contributed by atoms with Crippen molar-refractivity contribution in [3.63, 3.8) is 0 Å². The summed E-state index contributed by atoms with van der Waals surface area (Å²) in [5, 5.41) is 0. The number of carbonyl (C=O) groups is 1. The number of amides is 1. The third-order valence-corrected chi connectivity index (χ3v) is 4.66. The van der Waals surface area contributed by atoms with Crippen LogP contribution in [0.1, 0.15) is 16.7 Å². The van der Waals surface area contributed by atoms with Gasteiger partial charge in [0.25, 0.3) is 5.91 Å². The molecule has 0 bridgehead atoms. The molecular formula is C22H16F3N3O. The van der Waals surface area contributed by atoms with Gasteiger partial charge in [-0.1, -0.05) is 30.3 Å². The number of fused-ring (bicyclic) bond motifs is 1. The Labute approximate surface area is 165 Å². The molecule has 0 unspecified atom stereocenters. The zero-order chi connectivity index (χ0) is 20.4. The number of hydrogen-bond donors (Lipinski definition) is 0. The normalized spacial score (nSPS) is 15.1. The second-order valence-electron chi connectivity index (χ2n) is 6.59. The topological polar surface area (TPSA) is 45.6 Å². The highest BCUT2D eigenvalue weighted by atomic mass is 19.4. The Kier molecular flexibility index (Phi) is 4.88. The Bertz CT molecular complexity index is 1080. The van der Waals surface area contributed by atoms with E-state index in [-0.39, 0.29) is 17.3 Å². The van der Waals surface area contributed by atoms with Crippen LogP contribution in [-0.2, 0) is 17.4 Å². The first kappa shape index (κ1) is 18.9. The van der Waals surface area contributed by atoms with Crippen LogP contribution in [0.4, 0.5) is 24.5 Å². The van der Waals surface area contributed by atoms with E-state index >= 15 is 0 Å². The van der Waals surface area contributed by atoms with Crippen molar-refractivity contribution in [2.75, 3.05) is 11.4 Å². The van der Waals surface area contributed by atoms with Crippen LogP contribution in [0.5, 0.6) is 0 Å². The SMILES string of the molecule is O=C1C(=Nc2cccc(C(F)(F)F)c2)c2ccccc2N1CCc1cccnc1. The second kappa shape index (κ2) is 7.50. The minimum Gasteiger partial charge on any atom is -0.306 e. The third kappa shape index (κ3) is 3.89. The molecule has 146 valence electrons. The van der Waals surface area contributed by atoms with E-state index < -0.39 is 11.7 Å². The Morgan fingerprint density at radius 3 is 2.59 bits per heavy atom. The summed E-state index contributed by atoms with van der Waals surface area (Å²) in [6.45, 7) is 0.420. The van der Waals surface area contributed by atoms with Crippen molar-refractivity contribution in [3.8, 4) is 0 Å². The smallest absolute Gasteiger partial charge is 0.306 e. The lowest BCUT2D eigenvalue weighted by atomic mass is 10.1. The van der Waals surface area contributed by atoms with E-state index in [0.29, 0.717) is 24.2 Å². The third-order valence-electron chi connectivity index (χ3n) is 4.66. The van der Waals surface area contributed by atoms with E-state index in [1.807, 2.05) is 24.3 Å². The van der Waals surface area contributed by atoms with Gasteiger partial charge in [0, 0.05) is 24.5 Å². The van der Waals surface area contributed by atoms with Crippen LogP contribution in [0.15, 0.2) is 78.0 Å². The first-order valence-electron chi connectivity index (χ1n) is 8.99. The quantitative estimate of drug-likeness (QED) is 0.636. The molecule has 0 atom stereocenters. The average Bonchev–Trinajstić information content (AvgIpc) is 2.98. The van der Waals surface area contributed by atoms with Crippen LogP contribution in [0.25, 0.3) is 0 Å². The summed E-state index contributed by atoms with van der Waals surface area (Å²) in [6, 6.07) is 15.6. The van der Waals surface area contributed by atoms with E-state index in [1.54, 1.807) is 29.4 Å². The van der Waals surface area contributed by atoms with E-state index in [9.17, 15) is 18.0 Å². The van der Waals surface area contributed by atoms with Gasteiger partial charge >= 0.3 is 6.18 Å². The number of alkyl halides is 3. The average molecular weight is 395 g/mol. The van der Waals surface area contributed by atoms with Gasteiger partial charge < -0.3 is 4.90 Å². The molecule has 0 spiro atoms. The van der Waals surface area contributed by atoms with E-state index in [1.165, 1.54) is 12.1 Å². The molecule has 1 amide bonds. The Hall–Kier alpha value is -3.48. The van der Waals surface area contributed by atoms with Crippen molar-refractivity contribution < 1.29 is 18.0 Å². The Morgan fingerprint density at radius 2 is 1.83 bits per heavy atom. The van der Waals surface area contributed by atoms with Gasteiger partial charge in [0.1, 0.15) is 5.71 Å². The number of pyridine rings is 1. The van der Waals surface area contributed by atoms with Crippen molar-refractivity contribution in [2.45, 2.75) is 12.6 Å².